The van der Waals surface area contributed by atoms with E-state index in [0.29, 0.717) is 11.6 Å². The van der Waals surface area contributed by atoms with Crippen LogP contribution in [0.15, 0.2) is 34.8 Å². The summed E-state index contributed by atoms with van der Waals surface area (Å²) in [6.45, 7) is 7.19. The summed E-state index contributed by atoms with van der Waals surface area (Å²) in [7, 11) is 2.21. The van der Waals surface area contributed by atoms with E-state index in [1.807, 2.05) is 0 Å². The van der Waals surface area contributed by atoms with Crippen molar-refractivity contribution in [2.45, 2.75) is 46.1 Å². The van der Waals surface area contributed by atoms with Crippen molar-refractivity contribution in [3.8, 4) is 0 Å². The SMILES string of the molecule is CCC1(CC)C=C(c2nc(C)c(C(=O)O)o2)n2c3c(c4ccccc42)CCN(C)[C@H]31. The van der Waals surface area contributed by atoms with Crippen molar-refractivity contribution in [3.63, 3.8) is 0 Å². The van der Waals surface area contributed by atoms with Gasteiger partial charge < -0.3 is 14.1 Å². The lowest BCUT2D eigenvalue weighted by atomic mass is 9.69. The normalized spacial score (nSPS) is 20.3. The molecule has 1 aromatic carbocycles. The summed E-state index contributed by atoms with van der Waals surface area (Å²) in [5.41, 5.74) is 5.02. The highest BCUT2D eigenvalue weighted by Gasteiger charge is 2.47. The smallest absolute Gasteiger partial charge is 0.373 e. The van der Waals surface area contributed by atoms with Gasteiger partial charge >= 0.3 is 5.97 Å². The Bertz CT molecular complexity index is 1200. The number of carbonyl (C=O) groups is 1. The Morgan fingerprint density at radius 2 is 2.03 bits per heavy atom. The Labute approximate surface area is 175 Å². The van der Waals surface area contributed by atoms with E-state index in [2.05, 4.69) is 65.7 Å². The topological polar surface area (TPSA) is 71.5 Å². The van der Waals surface area contributed by atoms with E-state index in [4.69, 9.17) is 4.42 Å². The molecule has 1 atom stereocenters. The molecule has 0 fully saturated rings. The zero-order chi connectivity index (χ0) is 21.2. The van der Waals surface area contributed by atoms with E-state index in [1.165, 1.54) is 16.6 Å². The number of aromatic carboxylic acids is 1. The molecule has 4 heterocycles. The van der Waals surface area contributed by atoms with Gasteiger partial charge in [-0.05, 0) is 50.9 Å². The predicted octanol–water partition coefficient (Wildman–Crippen LogP) is 4.87. The molecule has 5 rings (SSSR count). The minimum atomic E-state index is -1.09. The summed E-state index contributed by atoms with van der Waals surface area (Å²) >= 11 is 0. The minimum Gasteiger partial charge on any atom is -0.475 e. The molecule has 0 bridgehead atoms. The van der Waals surface area contributed by atoms with Gasteiger partial charge in [0.25, 0.3) is 0 Å². The largest absolute Gasteiger partial charge is 0.475 e. The highest BCUT2D eigenvalue weighted by Crippen LogP contribution is 2.54. The molecule has 0 unspecified atom stereocenters. The van der Waals surface area contributed by atoms with Gasteiger partial charge in [0, 0.05) is 23.0 Å². The van der Waals surface area contributed by atoms with Gasteiger partial charge in [-0.15, -0.1) is 0 Å². The summed E-state index contributed by atoms with van der Waals surface area (Å²) < 4.78 is 8.08. The molecule has 156 valence electrons. The first-order valence-corrected chi connectivity index (χ1v) is 10.7. The van der Waals surface area contributed by atoms with Crippen molar-refractivity contribution in [3.05, 3.63) is 58.9 Å². The fourth-order valence-electron chi connectivity index (χ4n) is 5.59. The number of fused-ring (bicyclic) bond motifs is 3. The summed E-state index contributed by atoms with van der Waals surface area (Å²) in [6.07, 6.45) is 5.25. The monoisotopic (exact) mass is 405 g/mol. The molecule has 0 radical (unpaired) electrons. The minimum absolute atomic E-state index is 0.0740. The number of carboxylic acids is 1. The Morgan fingerprint density at radius 1 is 1.30 bits per heavy atom. The molecule has 2 aliphatic rings. The van der Waals surface area contributed by atoms with Crippen LogP contribution >= 0.6 is 0 Å². The molecule has 0 amide bonds. The third-order valence-electron chi connectivity index (χ3n) is 7.17. The zero-order valence-electron chi connectivity index (χ0n) is 17.9. The molecule has 1 N–H and O–H groups in total. The van der Waals surface area contributed by atoms with E-state index in [1.54, 1.807) is 6.92 Å². The van der Waals surface area contributed by atoms with Crippen molar-refractivity contribution in [1.82, 2.24) is 14.5 Å². The van der Waals surface area contributed by atoms with Crippen LogP contribution < -0.4 is 0 Å². The first-order valence-electron chi connectivity index (χ1n) is 10.7. The van der Waals surface area contributed by atoms with Crippen molar-refractivity contribution in [2.75, 3.05) is 13.6 Å². The number of carboxylic acid groups (broad SMARTS) is 1. The van der Waals surface area contributed by atoms with E-state index < -0.39 is 5.97 Å². The standard InChI is InChI=1S/C24H27N3O3/c1-5-24(6-2)13-18(22-25-14(3)20(30-22)23(28)29)27-17-10-8-7-9-15(17)16-11-12-26(4)21(24)19(16)27/h7-10,13,21H,5-6,11-12H2,1-4H3,(H,28,29)/t21-/m1/s1. The third kappa shape index (κ3) is 2.40. The third-order valence-corrected chi connectivity index (χ3v) is 7.17. The van der Waals surface area contributed by atoms with Gasteiger partial charge in [-0.3, -0.25) is 4.90 Å². The van der Waals surface area contributed by atoms with Gasteiger partial charge in [0.05, 0.1) is 17.3 Å². The highest BCUT2D eigenvalue weighted by molar-refractivity contribution is 5.92. The number of benzene rings is 1. The quantitative estimate of drug-likeness (QED) is 0.670. The fourth-order valence-corrected chi connectivity index (χ4v) is 5.59. The Hall–Kier alpha value is -2.86. The molecule has 0 aliphatic carbocycles. The number of para-hydroxylation sites is 1. The van der Waals surface area contributed by atoms with Crippen LogP contribution in [0, 0.1) is 12.3 Å². The average molecular weight is 405 g/mol. The molecule has 3 aromatic rings. The van der Waals surface area contributed by atoms with Gasteiger partial charge in [0.1, 0.15) is 5.70 Å². The lowest BCUT2D eigenvalue weighted by molar-refractivity contribution is 0.0660. The lowest BCUT2D eigenvalue weighted by Crippen LogP contribution is -2.45. The van der Waals surface area contributed by atoms with Crippen molar-refractivity contribution < 1.29 is 14.3 Å². The van der Waals surface area contributed by atoms with Crippen molar-refractivity contribution in [2.24, 2.45) is 5.41 Å². The van der Waals surface area contributed by atoms with Crippen molar-refractivity contribution >= 4 is 22.6 Å². The van der Waals surface area contributed by atoms with Crippen molar-refractivity contribution in [1.29, 1.82) is 0 Å². The van der Waals surface area contributed by atoms with Crippen LogP contribution in [-0.4, -0.2) is 39.1 Å². The molecule has 2 aromatic heterocycles. The molecule has 0 spiro atoms. The van der Waals surface area contributed by atoms with Crippen LogP contribution in [0.3, 0.4) is 0 Å². The highest BCUT2D eigenvalue weighted by atomic mass is 16.4. The number of hydrogen-bond donors (Lipinski definition) is 1. The van der Waals surface area contributed by atoms with Crippen LogP contribution in [0.25, 0.3) is 16.6 Å². The van der Waals surface area contributed by atoms with Crippen LogP contribution in [0.5, 0.6) is 0 Å². The summed E-state index contributed by atoms with van der Waals surface area (Å²) in [5, 5.41) is 10.8. The van der Waals surface area contributed by atoms with E-state index >= 15 is 0 Å². The number of hydrogen-bond acceptors (Lipinski definition) is 4. The predicted molar refractivity (Wildman–Crippen MR) is 116 cm³/mol. The Morgan fingerprint density at radius 3 is 2.70 bits per heavy atom. The maximum Gasteiger partial charge on any atom is 0.373 e. The van der Waals surface area contributed by atoms with Gasteiger partial charge in [-0.25, -0.2) is 9.78 Å². The molecule has 6 heteroatoms. The first-order chi connectivity index (χ1) is 14.4. The van der Waals surface area contributed by atoms with Gasteiger partial charge in [-0.2, -0.15) is 0 Å². The average Bonchev–Trinajstić information content (AvgIpc) is 3.29. The molecular formula is C24H27N3O3. The Kier molecular flexibility index (Phi) is 4.19. The maximum absolute atomic E-state index is 11.6. The summed E-state index contributed by atoms with van der Waals surface area (Å²) in [6, 6.07) is 8.74. The van der Waals surface area contributed by atoms with Gasteiger partial charge in [0.15, 0.2) is 0 Å². The number of oxazole rings is 1. The molecule has 2 aliphatic heterocycles. The van der Waals surface area contributed by atoms with Crippen LogP contribution in [0.2, 0.25) is 0 Å². The second-order valence-corrected chi connectivity index (χ2v) is 8.56. The number of aryl methyl sites for hydroxylation is 1. The second-order valence-electron chi connectivity index (χ2n) is 8.56. The summed E-state index contributed by atoms with van der Waals surface area (Å²) in [4.78, 5) is 18.6. The van der Waals surface area contributed by atoms with Crippen LogP contribution in [0.1, 0.15) is 66.1 Å². The lowest BCUT2D eigenvalue weighted by Gasteiger charge is -2.48. The molecule has 0 saturated heterocycles. The number of likely N-dealkylation sites (N-methyl/N-ethyl adjacent to an activating group) is 1. The fraction of sp³-hybridized carbons (Fsp3) is 0.417. The summed E-state index contributed by atoms with van der Waals surface area (Å²) in [5.74, 6) is -0.794. The second kappa shape index (κ2) is 6.57. The Balaban J connectivity index is 1.88. The zero-order valence-corrected chi connectivity index (χ0v) is 17.9. The molecular weight excluding hydrogens is 378 g/mol. The van der Waals surface area contributed by atoms with Gasteiger partial charge in [-0.1, -0.05) is 32.0 Å². The van der Waals surface area contributed by atoms with Gasteiger partial charge in [0.2, 0.25) is 11.7 Å². The van der Waals surface area contributed by atoms with Crippen LogP contribution in [0.4, 0.5) is 0 Å². The molecule has 30 heavy (non-hydrogen) atoms. The van der Waals surface area contributed by atoms with E-state index in [0.717, 1.165) is 37.0 Å². The molecule has 6 nitrogen and oxygen atoms in total. The number of aromatic nitrogens is 2. The van der Waals surface area contributed by atoms with E-state index in [-0.39, 0.29) is 17.2 Å². The maximum atomic E-state index is 11.6. The first kappa shape index (κ1) is 19.1. The molecule has 0 saturated carbocycles. The van der Waals surface area contributed by atoms with E-state index in [9.17, 15) is 9.90 Å². The number of rotatable bonds is 4. The van der Waals surface area contributed by atoms with Crippen LogP contribution in [-0.2, 0) is 6.42 Å². The number of nitrogens with zero attached hydrogens (tertiary/aromatic N) is 3.